The molecule has 32 heavy (non-hydrogen) atoms. The zero-order valence-corrected chi connectivity index (χ0v) is 18.0. The molecule has 4 rings (SSSR count). The van der Waals surface area contributed by atoms with Gasteiger partial charge in [-0.1, -0.05) is 23.7 Å². The number of rotatable bonds is 5. The van der Waals surface area contributed by atoms with E-state index in [1.165, 1.54) is 19.1 Å². The summed E-state index contributed by atoms with van der Waals surface area (Å²) in [5, 5.41) is 11.8. The lowest BCUT2D eigenvalue weighted by Crippen LogP contribution is -2.29. The molecule has 0 aliphatic carbocycles. The van der Waals surface area contributed by atoms with Gasteiger partial charge in [-0.25, -0.2) is 0 Å². The molecule has 0 radical (unpaired) electrons. The van der Waals surface area contributed by atoms with Crippen LogP contribution in [0.3, 0.4) is 0 Å². The second kappa shape index (κ2) is 8.72. The number of methoxy groups -OCH3 is 2. The van der Waals surface area contributed by atoms with Gasteiger partial charge >= 0.3 is 0 Å². The number of ketones is 1. The Kier molecular flexibility index (Phi) is 5.83. The molecular formula is C24H19ClN2O5. The normalized spacial score (nSPS) is 17.5. The highest BCUT2D eigenvalue weighted by Crippen LogP contribution is 2.45. The molecule has 1 aromatic heterocycles. The van der Waals surface area contributed by atoms with Crippen LogP contribution in [-0.4, -0.2) is 36.0 Å². The molecule has 2 aromatic carbocycles. The zero-order valence-electron chi connectivity index (χ0n) is 17.3. The topological polar surface area (TPSA) is 89.0 Å². The zero-order chi connectivity index (χ0) is 22.8. The van der Waals surface area contributed by atoms with Crippen LogP contribution in [0.1, 0.15) is 17.2 Å². The first-order valence-electron chi connectivity index (χ1n) is 9.65. The Morgan fingerprint density at radius 1 is 1.00 bits per heavy atom. The summed E-state index contributed by atoms with van der Waals surface area (Å²) in [4.78, 5) is 31.8. The van der Waals surface area contributed by atoms with Crippen molar-refractivity contribution in [2.45, 2.75) is 6.04 Å². The van der Waals surface area contributed by atoms with Crippen LogP contribution in [0, 0.1) is 0 Å². The van der Waals surface area contributed by atoms with Gasteiger partial charge in [0, 0.05) is 23.1 Å². The van der Waals surface area contributed by atoms with Gasteiger partial charge in [-0.2, -0.15) is 0 Å². The molecule has 7 nitrogen and oxygen atoms in total. The quantitative estimate of drug-likeness (QED) is 0.352. The smallest absolute Gasteiger partial charge is 0.300 e. The Hall–Kier alpha value is -3.84. The number of aromatic nitrogens is 1. The van der Waals surface area contributed by atoms with Crippen molar-refractivity contribution in [1.29, 1.82) is 0 Å². The van der Waals surface area contributed by atoms with Crippen molar-refractivity contribution in [2.24, 2.45) is 0 Å². The van der Waals surface area contributed by atoms with E-state index in [1.54, 1.807) is 67.0 Å². The number of nitrogens with zero attached hydrogens (tertiary/aromatic N) is 2. The molecule has 1 amide bonds. The fourth-order valence-corrected chi connectivity index (χ4v) is 3.90. The van der Waals surface area contributed by atoms with Crippen LogP contribution >= 0.6 is 11.6 Å². The van der Waals surface area contributed by atoms with Gasteiger partial charge in [0.25, 0.3) is 11.7 Å². The standard InChI is InChI=1S/C24H19ClN2O5/c1-31-17-6-3-7-18(32-2)19(17)22(28)20-21(14-5-4-12-26-13-14)27(24(30)23(20)29)16-10-8-15(25)9-11-16/h3-13,21,28H,1-2H3/b22-20+. The van der Waals surface area contributed by atoms with Gasteiger partial charge in [0.15, 0.2) is 0 Å². The number of ether oxygens (including phenoxy) is 2. The number of aliphatic hydroxyl groups is 1. The molecule has 0 spiro atoms. The third kappa shape index (κ3) is 3.56. The first kappa shape index (κ1) is 21.4. The molecule has 1 saturated heterocycles. The van der Waals surface area contributed by atoms with Gasteiger partial charge in [0.1, 0.15) is 22.8 Å². The molecular weight excluding hydrogens is 432 g/mol. The average molecular weight is 451 g/mol. The largest absolute Gasteiger partial charge is 0.506 e. The maximum Gasteiger partial charge on any atom is 0.300 e. The second-order valence-electron chi connectivity index (χ2n) is 6.97. The molecule has 162 valence electrons. The van der Waals surface area contributed by atoms with Gasteiger partial charge in [0.05, 0.1) is 25.8 Å². The monoisotopic (exact) mass is 450 g/mol. The molecule has 0 bridgehead atoms. The second-order valence-corrected chi connectivity index (χ2v) is 7.41. The Balaban J connectivity index is 2.00. The van der Waals surface area contributed by atoms with Crippen LogP contribution < -0.4 is 14.4 Å². The minimum atomic E-state index is -0.917. The molecule has 1 atom stereocenters. The highest BCUT2D eigenvalue weighted by Gasteiger charge is 2.47. The Labute approximate surface area is 189 Å². The summed E-state index contributed by atoms with van der Waals surface area (Å²) < 4.78 is 10.8. The Morgan fingerprint density at radius 3 is 2.22 bits per heavy atom. The molecule has 1 N–H and O–H groups in total. The van der Waals surface area contributed by atoms with Gasteiger partial charge in [-0.15, -0.1) is 0 Å². The number of hydrogen-bond acceptors (Lipinski definition) is 6. The molecule has 1 unspecified atom stereocenters. The number of carbonyl (C=O) groups excluding carboxylic acids is 2. The van der Waals surface area contributed by atoms with Crippen molar-refractivity contribution in [1.82, 2.24) is 4.98 Å². The van der Waals surface area contributed by atoms with Crippen LogP contribution in [-0.2, 0) is 9.59 Å². The van der Waals surface area contributed by atoms with Crippen molar-refractivity contribution in [3.8, 4) is 11.5 Å². The van der Waals surface area contributed by atoms with Gasteiger partial charge < -0.3 is 14.6 Å². The average Bonchev–Trinajstić information content (AvgIpc) is 3.09. The summed E-state index contributed by atoms with van der Waals surface area (Å²) in [7, 11) is 2.88. The third-order valence-electron chi connectivity index (χ3n) is 5.21. The van der Waals surface area contributed by atoms with Crippen LogP contribution in [0.15, 0.2) is 72.6 Å². The fraction of sp³-hybridized carbons (Fsp3) is 0.125. The Bertz CT molecular complexity index is 1190. The molecule has 1 fully saturated rings. The van der Waals surface area contributed by atoms with Crippen LogP contribution in [0.25, 0.3) is 5.76 Å². The highest BCUT2D eigenvalue weighted by atomic mass is 35.5. The molecule has 2 heterocycles. The van der Waals surface area contributed by atoms with Crippen molar-refractivity contribution in [2.75, 3.05) is 19.1 Å². The van der Waals surface area contributed by atoms with Crippen molar-refractivity contribution >= 4 is 34.7 Å². The lowest BCUT2D eigenvalue weighted by molar-refractivity contribution is -0.132. The predicted octanol–water partition coefficient (Wildman–Crippen LogP) is 4.38. The molecule has 0 saturated carbocycles. The summed E-state index contributed by atoms with van der Waals surface area (Å²) in [6, 6.07) is 14.0. The number of pyridine rings is 1. The van der Waals surface area contributed by atoms with Crippen LogP contribution in [0.5, 0.6) is 11.5 Å². The van der Waals surface area contributed by atoms with Gasteiger partial charge in [0.2, 0.25) is 0 Å². The van der Waals surface area contributed by atoms with Crippen molar-refractivity contribution < 1.29 is 24.2 Å². The van der Waals surface area contributed by atoms with Crippen molar-refractivity contribution in [3.05, 3.63) is 88.7 Å². The fourth-order valence-electron chi connectivity index (χ4n) is 3.77. The van der Waals surface area contributed by atoms with E-state index < -0.39 is 23.5 Å². The first-order chi connectivity index (χ1) is 15.5. The SMILES string of the molecule is COc1cccc(OC)c1/C(O)=C1\C(=O)C(=O)N(c2ccc(Cl)cc2)C1c1cccnc1. The van der Waals surface area contributed by atoms with Crippen molar-refractivity contribution in [3.63, 3.8) is 0 Å². The van der Waals surface area contributed by atoms with E-state index in [0.717, 1.165) is 0 Å². The number of amides is 1. The summed E-state index contributed by atoms with van der Waals surface area (Å²) in [6.07, 6.45) is 3.13. The number of anilines is 1. The summed E-state index contributed by atoms with van der Waals surface area (Å²) in [6.45, 7) is 0. The summed E-state index contributed by atoms with van der Waals surface area (Å²) >= 11 is 6.01. The number of aliphatic hydroxyl groups excluding tert-OH is 1. The first-order valence-corrected chi connectivity index (χ1v) is 10.0. The predicted molar refractivity (Wildman–Crippen MR) is 120 cm³/mol. The molecule has 3 aromatic rings. The van der Waals surface area contributed by atoms with E-state index in [1.807, 2.05) is 0 Å². The van der Waals surface area contributed by atoms with E-state index in [0.29, 0.717) is 27.8 Å². The minimum absolute atomic E-state index is 0.0965. The highest BCUT2D eigenvalue weighted by molar-refractivity contribution is 6.51. The van der Waals surface area contributed by atoms with Gasteiger partial charge in [-0.3, -0.25) is 19.5 Å². The minimum Gasteiger partial charge on any atom is -0.506 e. The Morgan fingerprint density at radius 2 is 1.66 bits per heavy atom. The van der Waals surface area contributed by atoms with Gasteiger partial charge in [-0.05, 0) is 48.0 Å². The number of hydrogen-bond donors (Lipinski definition) is 1. The summed E-state index contributed by atoms with van der Waals surface area (Å²) in [5.41, 5.74) is 1.09. The maximum absolute atomic E-state index is 13.2. The van der Waals surface area contributed by atoms with E-state index >= 15 is 0 Å². The number of carbonyl (C=O) groups is 2. The molecule has 1 aliphatic rings. The lowest BCUT2D eigenvalue weighted by atomic mass is 9.95. The molecule has 8 heteroatoms. The van der Waals surface area contributed by atoms with E-state index in [-0.39, 0.29) is 11.1 Å². The third-order valence-corrected chi connectivity index (χ3v) is 5.47. The van der Waals surface area contributed by atoms with Crippen LogP contribution in [0.2, 0.25) is 5.02 Å². The van der Waals surface area contributed by atoms with E-state index in [4.69, 9.17) is 21.1 Å². The number of Topliss-reactive ketones (excluding diaryl/α,β-unsaturated/α-hetero) is 1. The number of benzene rings is 2. The van der Waals surface area contributed by atoms with E-state index in [2.05, 4.69) is 4.98 Å². The van der Waals surface area contributed by atoms with Crippen LogP contribution in [0.4, 0.5) is 5.69 Å². The maximum atomic E-state index is 13.2. The lowest BCUT2D eigenvalue weighted by Gasteiger charge is -2.25. The molecule has 1 aliphatic heterocycles. The number of halogens is 1. The summed E-state index contributed by atoms with van der Waals surface area (Å²) in [5.74, 6) is -1.42. The van der Waals surface area contributed by atoms with E-state index in [9.17, 15) is 14.7 Å².